The Morgan fingerprint density at radius 3 is 2.77 bits per heavy atom. The Labute approximate surface area is 129 Å². The van der Waals surface area contributed by atoms with Crippen molar-refractivity contribution in [1.82, 2.24) is 20.1 Å². The summed E-state index contributed by atoms with van der Waals surface area (Å²) in [6.45, 7) is 3.74. The van der Waals surface area contributed by atoms with Crippen molar-refractivity contribution in [3.05, 3.63) is 30.1 Å². The van der Waals surface area contributed by atoms with Crippen molar-refractivity contribution >= 4 is 11.6 Å². The zero-order chi connectivity index (χ0) is 15.5. The van der Waals surface area contributed by atoms with E-state index in [1.807, 2.05) is 42.8 Å². The van der Waals surface area contributed by atoms with E-state index in [0.717, 1.165) is 48.8 Å². The number of anilines is 1. The van der Waals surface area contributed by atoms with Crippen LogP contribution >= 0.6 is 0 Å². The molecule has 0 bridgehead atoms. The normalized spacial score (nSPS) is 15.7. The van der Waals surface area contributed by atoms with Gasteiger partial charge in [0.1, 0.15) is 5.82 Å². The molecule has 22 heavy (non-hydrogen) atoms. The SMILES string of the molecule is Cc1nnc(-c2cccc(NC(=O)C3CCNCC3)c2)n1C. The van der Waals surface area contributed by atoms with Gasteiger partial charge in [0.2, 0.25) is 5.91 Å². The van der Waals surface area contributed by atoms with Crippen LogP contribution < -0.4 is 10.6 Å². The average molecular weight is 299 g/mol. The van der Waals surface area contributed by atoms with Crippen molar-refractivity contribution in [2.24, 2.45) is 13.0 Å². The second kappa shape index (κ2) is 6.27. The fourth-order valence-electron chi connectivity index (χ4n) is 2.72. The highest BCUT2D eigenvalue weighted by molar-refractivity contribution is 5.93. The standard InChI is InChI=1S/C16H21N5O/c1-11-19-20-15(21(11)2)13-4-3-5-14(10-13)18-16(22)12-6-8-17-9-7-12/h3-5,10,12,17H,6-9H2,1-2H3,(H,18,22). The van der Waals surface area contributed by atoms with Crippen molar-refractivity contribution in [2.75, 3.05) is 18.4 Å². The summed E-state index contributed by atoms with van der Waals surface area (Å²) >= 11 is 0. The van der Waals surface area contributed by atoms with Crippen molar-refractivity contribution in [2.45, 2.75) is 19.8 Å². The zero-order valence-electron chi connectivity index (χ0n) is 13.0. The van der Waals surface area contributed by atoms with Crippen LogP contribution in [0.1, 0.15) is 18.7 Å². The molecule has 2 aromatic rings. The van der Waals surface area contributed by atoms with Gasteiger partial charge in [0, 0.05) is 24.2 Å². The highest BCUT2D eigenvalue weighted by atomic mass is 16.1. The second-order valence-electron chi connectivity index (χ2n) is 5.72. The number of hydrogen-bond donors (Lipinski definition) is 2. The van der Waals surface area contributed by atoms with Gasteiger partial charge in [-0.2, -0.15) is 0 Å². The van der Waals surface area contributed by atoms with Crippen LogP contribution in [-0.4, -0.2) is 33.8 Å². The number of benzene rings is 1. The van der Waals surface area contributed by atoms with Gasteiger partial charge in [-0.15, -0.1) is 10.2 Å². The average Bonchev–Trinajstić information content (AvgIpc) is 2.88. The molecule has 0 unspecified atom stereocenters. The highest BCUT2D eigenvalue weighted by Gasteiger charge is 2.21. The molecule has 6 heteroatoms. The van der Waals surface area contributed by atoms with Gasteiger partial charge in [0.05, 0.1) is 0 Å². The Bertz CT molecular complexity index is 673. The zero-order valence-corrected chi connectivity index (χ0v) is 13.0. The Kier molecular flexibility index (Phi) is 4.20. The Hall–Kier alpha value is -2.21. The lowest BCUT2D eigenvalue weighted by Gasteiger charge is -2.21. The van der Waals surface area contributed by atoms with E-state index in [1.165, 1.54) is 0 Å². The number of aromatic nitrogens is 3. The second-order valence-corrected chi connectivity index (χ2v) is 5.72. The van der Waals surface area contributed by atoms with Gasteiger partial charge in [-0.05, 0) is 45.0 Å². The number of aryl methyl sites for hydroxylation is 1. The monoisotopic (exact) mass is 299 g/mol. The van der Waals surface area contributed by atoms with Gasteiger partial charge in [-0.3, -0.25) is 4.79 Å². The lowest BCUT2D eigenvalue weighted by atomic mass is 9.97. The molecule has 0 saturated carbocycles. The molecule has 1 aromatic carbocycles. The molecule has 1 aliphatic rings. The molecular weight excluding hydrogens is 278 g/mol. The smallest absolute Gasteiger partial charge is 0.227 e. The number of nitrogens with zero attached hydrogens (tertiary/aromatic N) is 3. The molecular formula is C16H21N5O. The van der Waals surface area contributed by atoms with E-state index in [-0.39, 0.29) is 11.8 Å². The van der Waals surface area contributed by atoms with Crippen LogP contribution in [0.2, 0.25) is 0 Å². The first kappa shape index (κ1) is 14.7. The third-order valence-electron chi connectivity index (χ3n) is 4.19. The van der Waals surface area contributed by atoms with E-state index >= 15 is 0 Å². The summed E-state index contributed by atoms with van der Waals surface area (Å²) in [5.74, 6) is 1.87. The minimum Gasteiger partial charge on any atom is -0.326 e. The topological polar surface area (TPSA) is 71.8 Å². The molecule has 1 aliphatic heterocycles. The number of rotatable bonds is 3. The molecule has 2 N–H and O–H groups in total. The molecule has 0 atom stereocenters. The van der Waals surface area contributed by atoms with Crippen molar-refractivity contribution in [3.63, 3.8) is 0 Å². The summed E-state index contributed by atoms with van der Waals surface area (Å²) in [6, 6.07) is 7.76. The first-order valence-electron chi connectivity index (χ1n) is 7.63. The Morgan fingerprint density at radius 1 is 1.32 bits per heavy atom. The van der Waals surface area contributed by atoms with E-state index in [1.54, 1.807) is 0 Å². The van der Waals surface area contributed by atoms with Gasteiger partial charge in [-0.1, -0.05) is 12.1 Å². The Morgan fingerprint density at radius 2 is 2.09 bits per heavy atom. The van der Waals surface area contributed by atoms with Crippen LogP contribution in [0.3, 0.4) is 0 Å². The number of carbonyl (C=O) groups excluding carboxylic acids is 1. The first-order chi connectivity index (χ1) is 10.6. The fourth-order valence-corrected chi connectivity index (χ4v) is 2.72. The molecule has 116 valence electrons. The minimum absolute atomic E-state index is 0.0991. The maximum Gasteiger partial charge on any atom is 0.227 e. The predicted octanol–water partition coefficient (Wildman–Crippen LogP) is 1.73. The van der Waals surface area contributed by atoms with Gasteiger partial charge in [0.15, 0.2) is 5.82 Å². The number of amides is 1. The maximum atomic E-state index is 12.3. The molecule has 0 radical (unpaired) electrons. The van der Waals surface area contributed by atoms with Gasteiger partial charge < -0.3 is 15.2 Å². The van der Waals surface area contributed by atoms with E-state index in [4.69, 9.17) is 0 Å². The van der Waals surface area contributed by atoms with Gasteiger partial charge in [-0.25, -0.2) is 0 Å². The number of hydrogen-bond acceptors (Lipinski definition) is 4. The summed E-state index contributed by atoms with van der Waals surface area (Å²) in [4.78, 5) is 12.3. The van der Waals surface area contributed by atoms with Gasteiger partial charge >= 0.3 is 0 Å². The van der Waals surface area contributed by atoms with E-state index < -0.39 is 0 Å². The molecule has 1 saturated heterocycles. The predicted molar refractivity (Wildman–Crippen MR) is 85.4 cm³/mol. The largest absolute Gasteiger partial charge is 0.326 e. The van der Waals surface area contributed by atoms with E-state index in [0.29, 0.717) is 0 Å². The fraction of sp³-hybridized carbons (Fsp3) is 0.438. The van der Waals surface area contributed by atoms with Crippen molar-refractivity contribution in [1.29, 1.82) is 0 Å². The molecule has 1 amide bonds. The molecule has 6 nitrogen and oxygen atoms in total. The molecule has 0 aliphatic carbocycles. The quantitative estimate of drug-likeness (QED) is 0.905. The van der Waals surface area contributed by atoms with E-state index in [9.17, 15) is 4.79 Å². The third-order valence-corrected chi connectivity index (χ3v) is 4.19. The van der Waals surface area contributed by atoms with Crippen LogP contribution in [0.25, 0.3) is 11.4 Å². The van der Waals surface area contributed by atoms with Crippen LogP contribution in [0.15, 0.2) is 24.3 Å². The highest BCUT2D eigenvalue weighted by Crippen LogP contribution is 2.22. The third kappa shape index (κ3) is 3.01. The first-order valence-corrected chi connectivity index (χ1v) is 7.63. The molecule has 1 aromatic heterocycles. The van der Waals surface area contributed by atoms with Crippen LogP contribution in [0.4, 0.5) is 5.69 Å². The maximum absolute atomic E-state index is 12.3. The summed E-state index contributed by atoms with van der Waals surface area (Å²) < 4.78 is 1.94. The molecule has 3 rings (SSSR count). The number of piperidine rings is 1. The number of nitrogens with one attached hydrogen (secondary N) is 2. The Balaban J connectivity index is 1.76. The lowest BCUT2D eigenvalue weighted by Crippen LogP contribution is -2.34. The van der Waals surface area contributed by atoms with Crippen LogP contribution in [-0.2, 0) is 11.8 Å². The summed E-state index contributed by atoms with van der Waals surface area (Å²) in [7, 11) is 1.94. The summed E-state index contributed by atoms with van der Waals surface area (Å²) in [5.41, 5.74) is 1.76. The number of carbonyl (C=O) groups is 1. The summed E-state index contributed by atoms with van der Waals surface area (Å²) in [6.07, 6.45) is 1.79. The van der Waals surface area contributed by atoms with Crippen LogP contribution in [0.5, 0.6) is 0 Å². The molecule has 2 heterocycles. The molecule has 1 fully saturated rings. The van der Waals surface area contributed by atoms with Crippen LogP contribution in [0, 0.1) is 12.8 Å². The van der Waals surface area contributed by atoms with E-state index in [2.05, 4.69) is 20.8 Å². The minimum atomic E-state index is 0.0991. The van der Waals surface area contributed by atoms with Gasteiger partial charge in [0.25, 0.3) is 0 Å². The lowest BCUT2D eigenvalue weighted by molar-refractivity contribution is -0.120. The van der Waals surface area contributed by atoms with Crippen molar-refractivity contribution in [3.8, 4) is 11.4 Å². The molecule has 0 spiro atoms. The van der Waals surface area contributed by atoms with Crippen molar-refractivity contribution < 1.29 is 4.79 Å². The summed E-state index contributed by atoms with van der Waals surface area (Å²) in [5, 5.41) is 14.6.